The molecule has 0 aliphatic heterocycles. The molecule has 0 amide bonds. The molecule has 0 saturated carbocycles. The van der Waals surface area contributed by atoms with E-state index < -0.39 is 0 Å². The summed E-state index contributed by atoms with van der Waals surface area (Å²) in [5.41, 5.74) is 2.62. The summed E-state index contributed by atoms with van der Waals surface area (Å²) in [5, 5.41) is 3.25. The van der Waals surface area contributed by atoms with Crippen LogP contribution in [0.1, 0.15) is 25.0 Å². The fourth-order valence-corrected chi connectivity index (χ4v) is 1.53. The van der Waals surface area contributed by atoms with E-state index in [0.717, 1.165) is 13.0 Å². The second-order valence-corrected chi connectivity index (χ2v) is 3.92. The van der Waals surface area contributed by atoms with Gasteiger partial charge >= 0.3 is 0 Å². The molecule has 0 aliphatic carbocycles. The van der Waals surface area contributed by atoms with Gasteiger partial charge < -0.3 is 10.1 Å². The highest BCUT2D eigenvalue weighted by Crippen LogP contribution is 2.03. The van der Waals surface area contributed by atoms with Gasteiger partial charge in [0.2, 0.25) is 0 Å². The van der Waals surface area contributed by atoms with Crippen LogP contribution in [0.15, 0.2) is 24.3 Å². The second-order valence-electron chi connectivity index (χ2n) is 3.71. The number of nitrogens with one attached hydrogen (secondary N) is 1. The van der Waals surface area contributed by atoms with Gasteiger partial charge in [0.25, 0.3) is 0 Å². The molecule has 4 heteroatoms. The van der Waals surface area contributed by atoms with Crippen molar-refractivity contribution in [3.8, 4) is 0 Å². The SMILES string of the molecule is CC.COC(CNCCc1ccc(C)cc1)OS. The number of benzene rings is 1. The Morgan fingerprint density at radius 2 is 1.83 bits per heavy atom. The van der Waals surface area contributed by atoms with E-state index in [1.54, 1.807) is 7.11 Å². The molecule has 1 aromatic rings. The van der Waals surface area contributed by atoms with E-state index in [0.29, 0.717) is 6.54 Å². The standard InChI is InChI=1S/C12H19NO2S.C2H6/c1-10-3-5-11(6-4-10)7-8-13-9-12(14-2)15-16;1-2/h3-6,12-13,16H,7-9H2,1-2H3;1-2H3. The fraction of sp³-hybridized carbons (Fsp3) is 0.571. The average Bonchev–Trinajstić information content (AvgIpc) is 2.43. The van der Waals surface area contributed by atoms with Crippen molar-refractivity contribution in [1.82, 2.24) is 5.32 Å². The summed E-state index contributed by atoms with van der Waals surface area (Å²) in [7, 11) is 1.60. The lowest BCUT2D eigenvalue weighted by Crippen LogP contribution is -2.30. The van der Waals surface area contributed by atoms with E-state index in [4.69, 9.17) is 8.92 Å². The van der Waals surface area contributed by atoms with Crippen molar-refractivity contribution >= 4 is 12.9 Å². The number of ether oxygens (including phenoxy) is 1. The van der Waals surface area contributed by atoms with Gasteiger partial charge in [-0.2, -0.15) is 0 Å². The van der Waals surface area contributed by atoms with Crippen molar-refractivity contribution in [3.05, 3.63) is 35.4 Å². The Morgan fingerprint density at radius 3 is 2.33 bits per heavy atom. The summed E-state index contributed by atoms with van der Waals surface area (Å²) in [6.07, 6.45) is 0.713. The minimum atomic E-state index is -0.290. The lowest BCUT2D eigenvalue weighted by atomic mass is 10.1. The lowest BCUT2D eigenvalue weighted by Gasteiger charge is -2.12. The Balaban J connectivity index is 0.00000137. The Labute approximate surface area is 116 Å². The normalized spacial score (nSPS) is 11.6. The molecule has 1 aromatic carbocycles. The molecule has 3 nitrogen and oxygen atoms in total. The third-order valence-electron chi connectivity index (χ3n) is 2.40. The average molecular weight is 271 g/mol. The van der Waals surface area contributed by atoms with Crippen LogP contribution in [0.2, 0.25) is 0 Å². The first kappa shape index (κ1) is 17.4. The molecule has 1 N–H and O–H groups in total. The van der Waals surface area contributed by atoms with Crippen LogP contribution in [0.3, 0.4) is 0 Å². The molecule has 0 saturated heterocycles. The number of hydrogen-bond donors (Lipinski definition) is 2. The van der Waals surface area contributed by atoms with Gasteiger partial charge in [-0.15, -0.1) is 0 Å². The minimum absolute atomic E-state index is 0.290. The lowest BCUT2D eigenvalue weighted by molar-refractivity contribution is -0.0359. The van der Waals surface area contributed by atoms with Crippen molar-refractivity contribution < 1.29 is 8.92 Å². The van der Waals surface area contributed by atoms with Crippen LogP contribution in [-0.2, 0) is 15.3 Å². The topological polar surface area (TPSA) is 30.5 Å². The highest BCUT2D eigenvalue weighted by molar-refractivity contribution is 7.75. The summed E-state index contributed by atoms with van der Waals surface area (Å²) in [5.74, 6) is 0. The van der Waals surface area contributed by atoms with Crippen LogP contribution in [0.25, 0.3) is 0 Å². The Bertz CT molecular complexity index is 286. The first-order valence-electron chi connectivity index (χ1n) is 6.35. The molecule has 0 radical (unpaired) electrons. The Hall–Kier alpha value is -0.550. The molecular weight excluding hydrogens is 246 g/mol. The molecule has 18 heavy (non-hydrogen) atoms. The molecule has 0 bridgehead atoms. The molecule has 0 heterocycles. The van der Waals surface area contributed by atoms with E-state index in [1.165, 1.54) is 11.1 Å². The highest BCUT2D eigenvalue weighted by Gasteiger charge is 2.03. The van der Waals surface area contributed by atoms with Crippen molar-refractivity contribution in [3.63, 3.8) is 0 Å². The Morgan fingerprint density at radius 1 is 1.22 bits per heavy atom. The van der Waals surface area contributed by atoms with E-state index in [9.17, 15) is 0 Å². The molecule has 0 aliphatic rings. The van der Waals surface area contributed by atoms with Crippen LogP contribution in [0.5, 0.6) is 0 Å². The predicted molar refractivity (Wildman–Crippen MR) is 80.0 cm³/mol. The fourth-order valence-electron chi connectivity index (χ4n) is 1.37. The van der Waals surface area contributed by atoms with Gasteiger partial charge in [-0.1, -0.05) is 43.7 Å². The zero-order chi connectivity index (χ0) is 13.8. The Kier molecular flexibility index (Phi) is 11.2. The van der Waals surface area contributed by atoms with E-state index in [1.807, 2.05) is 13.8 Å². The van der Waals surface area contributed by atoms with Crippen molar-refractivity contribution in [2.45, 2.75) is 33.5 Å². The minimum Gasteiger partial charge on any atom is -0.354 e. The molecule has 1 rings (SSSR count). The number of aryl methyl sites for hydroxylation is 1. The molecule has 1 atom stereocenters. The zero-order valence-corrected chi connectivity index (χ0v) is 12.7. The quantitative estimate of drug-likeness (QED) is 0.346. The highest BCUT2D eigenvalue weighted by atomic mass is 32.1. The van der Waals surface area contributed by atoms with Gasteiger partial charge in [-0.25, -0.2) is 0 Å². The molecule has 104 valence electrons. The van der Waals surface area contributed by atoms with Crippen LogP contribution >= 0.6 is 12.9 Å². The number of rotatable bonds is 7. The number of methoxy groups -OCH3 is 1. The van der Waals surface area contributed by atoms with Gasteiger partial charge in [-0.05, 0) is 38.4 Å². The van der Waals surface area contributed by atoms with Crippen molar-refractivity contribution in [2.75, 3.05) is 20.2 Å². The zero-order valence-electron chi connectivity index (χ0n) is 11.8. The van der Waals surface area contributed by atoms with Gasteiger partial charge in [0.1, 0.15) is 0 Å². The maximum Gasteiger partial charge on any atom is 0.182 e. The summed E-state index contributed by atoms with van der Waals surface area (Å²) in [6, 6.07) is 8.56. The second kappa shape index (κ2) is 11.5. The van der Waals surface area contributed by atoms with Crippen molar-refractivity contribution in [1.29, 1.82) is 0 Å². The van der Waals surface area contributed by atoms with Crippen LogP contribution in [0.4, 0.5) is 0 Å². The van der Waals surface area contributed by atoms with Gasteiger partial charge in [0.05, 0.1) is 0 Å². The monoisotopic (exact) mass is 271 g/mol. The van der Waals surface area contributed by atoms with Crippen molar-refractivity contribution in [2.24, 2.45) is 0 Å². The maximum atomic E-state index is 5.01. The van der Waals surface area contributed by atoms with Gasteiger partial charge in [0, 0.05) is 13.7 Å². The van der Waals surface area contributed by atoms with Crippen LogP contribution in [0, 0.1) is 6.92 Å². The van der Waals surface area contributed by atoms with Crippen LogP contribution < -0.4 is 5.32 Å². The molecular formula is C14H25NO2S. The largest absolute Gasteiger partial charge is 0.354 e. The summed E-state index contributed by atoms with van der Waals surface area (Å²) >= 11 is 3.71. The first-order chi connectivity index (χ1) is 8.76. The third kappa shape index (κ3) is 7.71. The van der Waals surface area contributed by atoms with E-state index in [2.05, 4.69) is 49.4 Å². The number of hydrogen-bond acceptors (Lipinski definition) is 4. The smallest absolute Gasteiger partial charge is 0.182 e. The van der Waals surface area contributed by atoms with E-state index in [-0.39, 0.29) is 6.29 Å². The van der Waals surface area contributed by atoms with Gasteiger partial charge in [0.15, 0.2) is 6.29 Å². The first-order valence-corrected chi connectivity index (χ1v) is 6.72. The molecule has 1 unspecified atom stereocenters. The summed E-state index contributed by atoms with van der Waals surface area (Å²) in [4.78, 5) is 0. The summed E-state index contributed by atoms with van der Waals surface area (Å²) in [6.45, 7) is 7.64. The van der Waals surface area contributed by atoms with E-state index >= 15 is 0 Å². The summed E-state index contributed by atoms with van der Waals surface area (Å²) < 4.78 is 9.78. The maximum absolute atomic E-state index is 5.01. The molecule has 0 aromatic heterocycles. The number of thiol groups is 1. The molecule has 0 spiro atoms. The van der Waals surface area contributed by atoms with Gasteiger partial charge in [-0.3, -0.25) is 4.18 Å². The third-order valence-corrected chi connectivity index (χ3v) is 2.64. The molecule has 0 fully saturated rings. The predicted octanol–water partition coefficient (Wildman–Crippen LogP) is 2.99. The van der Waals surface area contributed by atoms with Crippen LogP contribution in [-0.4, -0.2) is 26.5 Å².